The number of phenolic OH excluding ortho intramolecular Hbond substituents is 4. The fourth-order valence-electron chi connectivity index (χ4n) is 3.87. The van der Waals surface area contributed by atoms with Gasteiger partial charge < -0.3 is 25.5 Å². The van der Waals surface area contributed by atoms with Crippen LogP contribution in [0.1, 0.15) is 22.5 Å². The van der Waals surface area contributed by atoms with E-state index in [0.29, 0.717) is 41.1 Å². The largest absolute Gasteiger partial charge is 0.508 e. The van der Waals surface area contributed by atoms with E-state index in [9.17, 15) is 25.5 Å². The molecule has 0 aliphatic heterocycles. The number of benzene rings is 3. The van der Waals surface area contributed by atoms with E-state index in [2.05, 4.69) is 4.98 Å². The van der Waals surface area contributed by atoms with Gasteiger partial charge in [-0.2, -0.15) is 0 Å². The van der Waals surface area contributed by atoms with Gasteiger partial charge >= 0.3 is 0 Å². The van der Waals surface area contributed by atoms with Gasteiger partial charge in [-0.25, -0.2) is 9.97 Å². The van der Waals surface area contributed by atoms with Crippen molar-refractivity contribution in [1.29, 1.82) is 0 Å². The van der Waals surface area contributed by atoms with Crippen molar-refractivity contribution in [3.05, 3.63) is 95.4 Å². The van der Waals surface area contributed by atoms with Gasteiger partial charge in [-0.1, -0.05) is 42.5 Å². The zero-order valence-electron chi connectivity index (χ0n) is 17.9. The minimum absolute atomic E-state index is 0.0618. The third-order valence-electron chi connectivity index (χ3n) is 5.61. The molecule has 170 valence electrons. The van der Waals surface area contributed by atoms with Gasteiger partial charge in [0.1, 0.15) is 11.4 Å². The minimum Gasteiger partial charge on any atom is -0.508 e. The highest BCUT2D eigenvalue weighted by Gasteiger charge is 2.19. The standard InChI is InChI=1S/C26H21N3O5/c30-18-8-6-16(7-9-18)11-20-26(34)29-14-21(17-12-22(31)24(33)23(32)13-17)27-19(25(29)28-20)10-15-4-2-1-3-5-15/h1-9,12-14,30-34H,10-11H2. The molecular weight excluding hydrogens is 434 g/mol. The molecular formula is C26H21N3O5. The molecule has 0 atom stereocenters. The van der Waals surface area contributed by atoms with Crippen molar-refractivity contribution in [2.24, 2.45) is 0 Å². The third-order valence-corrected chi connectivity index (χ3v) is 5.61. The first-order valence-electron chi connectivity index (χ1n) is 10.6. The predicted octanol–water partition coefficient (Wildman–Crippen LogP) is 4.11. The molecule has 0 amide bonds. The maximum Gasteiger partial charge on any atom is 0.219 e. The van der Waals surface area contributed by atoms with E-state index in [1.54, 1.807) is 30.5 Å². The second-order valence-electron chi connectivity index (χ2n) is 8.02. The van der Waals surface area contributed by atoms with Crippen molar-refractivity contribution in [2.75, 3.05) is 0 Å². The van der Waals surface area contributed by atoms with E-state index in [0.717, 1.165) is 11.1 Å². The van der Waals surface area contributed by atoms with Crippen LogP contribution in [0.3, 0.4) is 0 Å². The average Bonchev–Trinajstić information content (AvgIpc) is 3.15. The Morgan fingerprint density at radius 1 is 0.676 bits per heavy atom. The van der Waals surface area contributed by atoms with Gasteiger partial charge in [-0.15, -0.1) is 0 Å². The highest BCUT2D eigenvalue weighted by molar-refractivity contribution is 5.69. The summed E-state index contributed by atoms with van der Waals surface area (Å²) in [5.74, 6) is -1.49. The molecule has 0 saturated heterocycles. The first-order chi connectivity index (χ1) is 16.4. The van der Waals surface area contributed by atoms with Gasteiger partial charge in [0.25, 0.3) is 0 Å². The molecule has 0 radical (unpaired) electrons. The predicted molar refractivity (Wildman–Crippen MR) is 125 cm³/mol. The molecule has 5 rings (SSSR count). The molecule has 2 heterocycles. The first-order valence-corrected chi connectivity index (χ1v) is 10.6. The molecule has 8 heteroatoms. The highest BCUT2D eigenvalue weighted by Crippen LogP contribution is 2.39. The van der Waals surface area contributed by atoms with Crippen LogP contribution >= 0.6 is 0 Å². The normalized spacial score (nSPS) is 11.2. The fraction of sp³-hybridized carbons (Fsp3) is 0.0769. The Balaban J connectivity index is 1.66. The zero-order valence-corrected chi connectivity index (χ0v) is 17.9. The quantitative estimate of drug-likeness (QED) is 0.252. The molecule has 34 heavy (non-hydrogen) atoms. The summed E-state index contributed by atoms with van der Waals surface area (Å²) in [4.78, 5) is 9.38. The molecule has 0 aliphatic rings. The van der Waals surface area contributed by atoms with Crippen molar-refractivity contribution in [2.45, 2.75) is 12.8 Å². The second-order valence-corrected chi connectivity index (χ2v) is 8.02. The van der Waals surface area contributed by atoms with Crippen LogP contribution in [-0.4, -0.2) is 39.9 Å². The lowest BCUT2D eigenvalue weighted by Gasteiger charge is -2.10. The number of phenols is 4. The maximum atomic E-state index is 11.0. The molecule has 3 aromatic carbocycles. The number of imidazole rings is 1. The van der Waals surface area contributed by atoms with E-state index in [-0.39, 0.29) is 11.6 Å². The van der Waals surface area contributed by atoms with Crippen LogP contribution in [-0.2, 0) is 12.8 Å². The monoisotopic (exact) mass is 455 g/mol. The van der Waals surface area contributed by atoms with Crippen LogP contribution < -0.4 is 0 Å². The van der Waals surface area contributed by atoms with Gasteiger partial charge in [0.2, 0.25) is 5.88 Å². The summed E-state index contributed by atoms with van der Waals surface area (Å²) in [5.41, 5.74) is 4.09. The van der Waals surface area contributed by atoms with Crippen LogP contribution in [0.25, 0.3) is 16.9 Å². The van der Waals surface area contributed by atoms with Crippen LogP contribution in [0.4, 0.5) is 0 Å². The molecule has 5 aromatic rings. The number of aromatic hydroxyl groups is 5. The summed E-state index contributed by atoms with van der Waals surface area (Å²) in [5, 5.41) is 50.2. The van der Waals surface area contributed by atoms with Crippen LogP contribution in [0.15, 0.2) is 72.9 Å². The summed E-state index contributed by atoms with van der Waals surface area (Å²) < 4.78 is 1.53. The van der Waals surface area contributed by atoms with Gasteiger partial charge in [0, 0.05) is 24.6 Å². The number of hydrogen-bond donors (Lipinski definition) is 5. The van der Waals surface area contributed by atoms with Crippen LogP contribution in [0, 0.1) is 0 Å². The SMILES string of the molecule is Oc1ccc(Cc2nc3c(Cc4ccccc4)nc(-c4cc(O)c(O)c(O)c4)cn3c2O)cc1. The summed E-state index contributed by atoms with van der Waals surface area (Å²) in [7, 11) is 0. The van der Waals surface area contributed by atoms with Crippen molar-refractivity contribution < 1.29 is 25.5 Å². The number of hydrogen-bond acceptors (Lipinski definition) is 7. The lowest BCUT2D eigenvalue weighted by atomic mass is 10.1. The van der Waals surface area contributed by atoms with E-state index in [4.69, 9.17) is 4.98 Å². The molecule has 0 unspecified atom stereocenters. The van der Waals surface area contributed by atoms with Crippen molar-refractivity contribution in [3.8, 4) is 40.1 Å². The molecule has 0 bridgehead atoms. The van der Waals surface area contributed by atoms with E-state index < -0.39 is 17.2 Å². The van der Waals surface area contributed by atoms with E-state index >= 15 is 0 Å². The molecule has 5 N–H and O–H groups in total. The Bertz CT molecular complexity index is 1470. The summed E-state index contributed by atoms with van der Waals surface area (Å²) in [6.07, 6.45) is 2.34. The topological polar surface area (TPSA) is 131 Å². The van der Waals surface area contributed by atoms with E-state index in [1.807, 2.05) is 30.3 Å². The van der Waals surface area contributed by atoms with E-state index in [1.165, 1.54) is 16.5 Å². The van der Waals surface area contributed by atoms with Crippen molar-refractivity contribution in [3.63, 3.8) is 0 Å². The number of fused-ring (bicyclic) bond motifs is 1. The molecule has 0 fully saturated rings. The summed E-state index contributed by atoms with van der Waals surface area (Å²) in [6.45, 7) is 0. The van der Waals surface area contributed by atoms with Crippen LogP contribution in [0.5, 0.6) is 28.9 Å². The molecule has 0 spiro atoms. The number of rotatable bonds is 5. The molecule has 0 saturated carbocycles. The van der Waals surface area contributed by atoms with Gasteiger partial charge in [0.15, 0.2) is 22.9 Å². The lowest BCUT2D eigenvalue weighted by molar-refractivity contribution is 0.368. The number of nitrogens with zero attached hydrogens (tertiary/aromatic N) is 3. The molecule has 8 nitrogen and oxygen atoms in total. The average molecular weight is 455 g/mol. The number of aromatic nitrogens is 3. The third kappa shape index (κ3) is 3.93. The Morgan fingerprint density at radius 3 is 1.97 bits per heavy atom. The highest BCUT2D eigenvalue weighted by atomic mass is 16.3. The van der Waals surface area contributed by atoms with Gasteiger partial charge in [-0.3, -0.25) is 4.40 Å². The molecule has 2 aromatic heterocycles. The van der Waals surface area contributed by atoms with Gasteiger partial charge in [-0.05, 0) is 35.4 Å². The van der Waals surface area contributed by atoms with Crippen molar-refractivity contribution >= 4 is 5.65 Å². The van der Waals surface area contributed by atoms with Crippen LogP contribution in [0.2, 0.25) is 0 Å². The zero-order chi connectivity index (χ0) is 23.8. The lowest BCUT2D eigenvalue weighted by Crippen LogP contribution is -2.01. The fourth-order valence-corrected chi connectivity index (χ4v) is 3.87. The second kappa shape index (κ2) is 8.32. The van der Waals surface area contributed by atoms with Crippen molar-refractivity contribution in [1.82, 2.24) is 14.4 Å². The smallest absolute Gasteiger partial charge is 0.219 e. The molecule has 0 aliphatic carbocycles. The Hall–Kier alpha value is -4.72. The minimum atomic E-state index is -0.615. The summed E-state index contributed by atoms with van der Waals surface area (Å²) >= 11 is 0. The maximum absolute atomic E-state index is 11.0. The Morgan fingerprint density at radius 2 is 1.29 bits per heavy atom. The first kappa shape index (κ1) is 21.1. The summed E-state index contributed by atoms with van der Waals surface area (Å²) in [6, 6.07) is 18.9. The Labute approximate surface area is 194 Å². The van der Waals surface area contributed by atoms with Gasteiger partial charge in [0.05, 0.1) is 11.4 Å². The Kier molecular flexibility index (Phi) is 5.18.